The topological polar surface area (TPSA) is 47.9 Å². The molecule has 2 aromatic rings. The Balaban J connectivity index is 2.13. The predicted octanol–water partition coefficient (Wildman–Crippen LogP) is 2.21. The van der Waals surface area contributed by atoms with Crippen LogP contribution in [0.1, 0.15) is 17.1 Å². The van der Waals surface area contributed by atoms with Crippen molar-refractivity contribution in [3.63, 3.8) is 0 Å². The summed E-state index contributed by atoms with van der Waals surface area (Å²) in [5.41, 5.74) is 1.87. The van der Waals surface area contributed by atoms with E-state index in [1.165, 1.54) is 0 Å². The molecule has 0 aromatic carbocycles. The maximum atomic E-state index is 5.72. The summed E-state index contributed by atoms with van der Waals surface area (Å²) in [5, 5.41) is 0. The second-order valence-electron chi connectivity index (χ2n) is 3.48. The van der Waals surface area contributed by atoms with Crippen molar-refractivity contribution in [1.29, 1.82) is 0 Å². The van der Waals surface area contributed by atoms with Crippen LogP contribution in [0.3, 0.4) is 0 Å². The summed E-state index contributed by atoms with van der Waals surface area (Å²) in [6.07, 6.45) is 4.12. The van der Waals surface area contributed by atoms with E-state index in [1.54, 1.807) is 19.5 Å². The zero-order chi connectivity index (χ0) is 12.1. The molecule has 0 unspecified atom stereocenters. The first-order valence-electron chi connectivity index (χ1n) is 5.17. The van der Waals surface area contributed by atoms with E-state index in [1.807, 2.05) is 18.2 Å². The minimum atomic E-state index is 0.399. The summed E-state index contributed by atoms with van der Waals surface area (Å²) >= 11 is 5.72. The maximum Gasteiger partial charge on any atom is 0.212 e. The number of aromatic nitrogens is 3. The van der Waals surface area contributed by atoms with E-state index in [4.69, 9.17) is 16.3 Å². The van der Waals surface area contributed by atoms with Gasteiger partial charge in [0.25, 0.3) is 0 Å². The Kier molecular flexibility index (Phi) is 3.88. The summed E-state index contributed by atoms with van der Waals surface area (Å²) in [7, 11) is 1.59. The number of rotatable bonds is 4. The van der Waals surface area contributed by atoms with Gasteiger partial charge in [-0.25, -0.2) is 15.0 Å². The second kappa shape index (κ2) is 5.59. The Morgan fingerprint density at radius 3 is 2.76 bits per heavy atom. The number of halogens is 1. The van der Waals surface area contributed by atoms with Gasteiger partial charge >= 0.3 is 0 Å². The maximum absolute atomic E-state index is 5.72. The van der Waals surface area contributed by atoms with E-state index in [0.717, 1.165) is 17.1 Å². The Hall–Kier alpha value is -1.68. The largest absolute Gasteiger partial charge is 0.481 e. The summed E-state index contributed by atoms with van der Waals surface area (Å²) < 4.78 is 5.00. The van der Waals surface area contributed by atoms with Crippen LogP contribution in [0.5, 0.6) is 5.88 Å². The van der Waals surface area contributed by atoms with Gasteiger partial charge in [0.15, 0.2) is 0 Å². The zero-order valence-electron chi connectivity index (χ0n) is 9.43. The summed E-state index contributed by atoms with van der Waals surface area (Å²) in [5.74, 6) is 1.75. The number of alkyl halides is 1. The highest BCUT2D eigenvalue weighted by Crippen LogP contribution is 2.10. The molecule has 0 saturated heterocycles. The minimum absolute atomic E-state index is 0.399. The quantitative estimate of drug-likeness (QED) is 0.780. The second-order valence-corrected chi connectivity index (χ2v) is 3.75. The van der Waals surface area contributed by atoms with Crippen molar-refractivity contribution in [2.75, 3.05) is 7.11 Å². The van der Waals surface area contributed by atoms with E-state index in [9.17, 15) is 0 Å². The number of nitrogens with zero attached hydrogens (tertiary/aromatic N) is 3. The fraction of sp³-hybridized carbons (Fsp3) is 0.250. The lowest BCUT2D eigenvalue weighted by atomic mass is 10.2. The van der Waals surface area contributed by atoms with Crippen LogP contribution >= 0.6 is 11.6 Å². The van der Waals surface area contributed by atoms with Gasteiger partial charge in [0, 0.05) is 24.9 Å². The van der Waals surface area contributed by atoms with Crippen LogP contribution in [-0.4, -0.2) is 22.1 Å². The highest BCUT2D eigenvalue weighted by atomic mass is 35.5. The van der Waals surface area contributed by atoms with E-state index in [-0.39, 0.29) is 0 Å². The van der Waals surface area contributed by atoms with Gasteiger partial charge in [-0.15, -0.1) is 11.6 Å². The zero-order valence-corrected chi connectivity index (χ0v) is 10.2. The average Bonchev–Trinajstić information content (AvgIpc) is 2.40. The molecule has 0 aliphatic rings. The average molecular weight is 250 g/mol. The number of hydrogen-bond acceptors (Lipinski definition) is 4. The number of pyridine rings is 1. The highest BCUT2D eigenvalue weighted by Gasteiger charge is 2.02. The summed E-state index contributed by atoms with van der Waals surface area (Å²) in [4.78, 5) is 12.7. The van der Waals surface area contributed by atoms with Crippen molar-refractivity contribution in [2.45, 2.75) is 12.3 Å². The van der Waals surface area contributed by atoms with Crippen LogP contribution in [0.2, 0.25) is 0 Å². The molecule has 0 amide bonds. The van der Waals surface area contributed by atoms with Crippen LogP contribution in [0.15, 0.2) is 30.6 Å². The van der Waals surface area contributed by atoms with Gasteiger partial charge in [0.2, 0.25) is 5.88 Å². The smallest absolute Gasteiger partial charge is 0.212 e. The number of methoxy groups -OCH3 is 1. The van der Waals surface area contributed by atoms with E-state index >= 15 is 0 Å². The highest BCUT2D eigenvalue weighted by molar-refractivity contribution is 6.16. The summed E-state index contributed by atoms with van der Waals surface area (Å²) in [6.45, 7) is 0. The van der Waals surface area contributed by atoms with Gasteiger partial charge in [0.05, 0.1) is 18.7 Å². The molecular weight excluding hydrogens is 238 g/mol. The van der Waals surface area contributed by atoms with Crippen LogP contribution in [0.25, 0.3) is 0 Å². The number of hydrogen-bond donors (Lipinski definition) is 0. The van der Waals surface area contributed by atoms with Crippen molar-refractivity contribution in [2.24, 2.45) is 0 Å². The van der Waals surface area contributed by atoms with Crippen LogP contribution in [0, 0.1) is 0 Å². The molecule has 0 radical (unpaired) electrons. The minimum Gasteiger partial charge on any atom is -0.481 e. The lowest BCUT2D eigenvalue weighted by Gasteiger charge is -2.03. The third-order valence-electron chi connectivity index (χ3n) is 2.27. The molecule has 0 aliphatic heterocycles. The third kappa shape index (κ3) is 3.14. The van der Waals surface area contributed by atoms with Gasteiger partial charge < -0.3 is 4.74 Å². The van der Waals surface area contributed by atoms with Gasteiger partial charge in [-0.2, -0.15) is 0 Å². The fourth-order valence-corrected chi connectivity index (χ4v) is 1.57. The van der Waals surface area contributed by atoms with E-state index in [0.29, 0.717) is 18.2 Å². The van der Waals surface area contributed by atoms with Crippen molar-refractivity contribution in [1.82, 2.24) is 15.0 Å². The Bertz CT molecular complexity index is 487. The summed E-state index contributed by atoms with van der Waals surface area (Å²) in [6, 6.07) is 5.58. The molecule has 0 fully saturated rings. The Morgan fingerprint density at radius 2 is 2.12 bits per heavy atom. The van der Waals surface area contributed by atoms with Gasteiger partial charge in [-0.3, -0.25) is 0 Å². The van der Waals surface area contributed by atoms with Gasteiger partial charge in [-0.1, -0.05) is 6.07 Å². The van der Waals surface area contributed by atoms with Crippen molar-refractivity contribution >= 4 is 11.6 Å². The molecule has 0 aliphatic carbocycles. The molecular formula is C12H12ClN3O. The third-order valence-corrected chi connectivity index (χ3v) is 2.54. The molecule has 88 valence electrons. The molecule has 0 N–H and O–H groups in total. The fourth-order valence-electron chi connectivity index (χ4n) is 1.42. The molecule has 17 heavy (non-hydrogen) atoms. The molecule has 0 atom stereocenters. The monoisotopic (exact) mass is 249 g/mol. The van der Waals surface area contributed by atoms with Gasteiger partial charge in [0.1, 0.15) is 5.82 Å². The van der Waals surface area contributed by atoms with Crippen LogP contribution in [-0.2, 0) is 12.3 Å². The first-order chi connectivity index (χ1) is 8.31. The molecule has 2 rings (SSSR count). The first kappa shape index (κ1) is 11.8. The Morgan fingerprint density at radius 1 is 1.24 bits per heavy atom. The SMILES string of the molecule is COc1ccc(Cc2nccc(CCl)n2)cn1. The first-order valence-corrected chi connectivity index (χ1v) is 5.71. The molecule has 0 bridgehead atoms. The molecule has 0 saturated carbocycles. The predicted molar refractivity (Wildman–Crippen MR) is 65.2 cm³/mol. The van der Waals surface area contributed by atoms with E-state index in [2.05, 4.69) is 15.0 Å². The number of ether oxygens (including phenoxy) is 1. The standard InChI is InChI=1S/C12H12ClN3O/c1-17-12-3-2-9(8-15-12)6-11-14-5-4-10(7-13)16-11/h2-5,8H,6-7H2,1H3. The van der Waals surface area contributed by atoms with E-state index < -0.39 is 0 Å². The lowest BCUT2D eigenvalue weighted by molar-refractivity contribution is 0.397. The van der Waals surface area contributed by atoms with Crippen molar-refractivity contribution in [3.8, 4) is 5.88 Å². The van der Waals surface area contributed by atoms with Crippen LogP contribution in [0.4, 0.5) is 0 Å². The molecule has 0 spiro atoms. The normalized spacial score (nSPS) is 10.2. The molecule has 2 aromatic heterocycles. The molecule has 5 heteroatoms. The van der Waals surface area contributed by atoms with Gasteiger partial charge in [-0.05, 0) is 11.6 Å². The lowest BCUT2D eigenvalue weighted by Crippen LogP contribution is -1.99. The van der Waals surface area contributed by atoms with Crippen molar-refractivity contribution in [3.05, 3.63) is 47.7 Å². The van der Waals surface area contributed by atoms with Crippen molar-refractivity contribution < 1.29 is 4.74 Å². The molecule has 4 nitrogen and oxygen atoms in total. The molecule has 2 heterocycles. The Labute approximate surface area is 105 Å². The van der Waals surface area contributed by atoms with Crippen LogP contribution < -0.4 is 4.74 Å².